The molecule has 0 unspecified atom stereocenters. The molecule has 0 aliphatic rings. The number of carbonyl (C=O) groups is 1. The third kappa shape index (κ3) is 9.05. The number of ether oxygens (including phenoxy) is 1. The van der Waals surface area contributed by atoms with Gasteiger partial charge in [0, 0.05) is 6.04 Å². The molecule has 1 rings (SSSR count). The smallest absolute Gasteiger partial charge is 0.407 e. The number of amides is 1. The van der Waals surface area contributed by atoms with Crippen LogP contribution in [-0.2, 0) is 0 Å². The molecule has 0 saturated heterocycles. The number of nitrogens with one attached hydrogen (secondary N) is 1. The highest BCUT2D eigenvalue weighted by Crippen LogP contribution is 2.18. The first-order valence-electron chi connectivity index (χ1n) is 6.73. The molecular weight excluding hydrogens is 245 g/mol. The third-order valence-electron chi connectivity index (χ3n) is 1.70. The average Bonchev–Trinajstić information content (AvgIpc) is 2.38. The van der Waals surface area contributed by atoms with E-state index in [-0.39, 0.29) is 11.8 Å². The highest BCUT2D eigenvalue weighted by molar-refractivity contribution is 5.70. The van der Waals surface area contributed by atoms with Gasteiger partial charge in [0.25, 0.3) is 0 Å². The maximum atomic E-state index is 13.2. The Labute approximate surface area is 116 Å². The Hall–Kier alpha value is -1.58. The molecule has 110 valence electrons. The van der Waals surface area contributed by atoms with Crippen molar-refractivity contribution in [1.82, 2.24) is 5.32 Å². The molecule has 0 heterocycles. The highest BCUT2D eigenvalue weighted by atomic mass is 19.1. The molecule has 3 nitrogen and oxygen atoms in total. The van der Waals surface area contributed by atoms with Crippen molar-refractivity contribution in [3.63, 3.8) is 0 Å². The van der Waals surface area contributed by atoms with Gasteiger partial charge in [-0.25, -0.2) is 9.18 Å². The molecule has 1 N–H and O–H groups in total. The number of benzene rings is 1. The lowest BCUT2D eigenvalue weighted by Gasteiger charge is -2.09. The van der Waals surface area contributed by atoms with Gasteiger partial charge in [0.05, 0.1) is 0 Å². The van der Waals surface area contributed by atoms with Crippen LogP contribution in [0.4, 0.5) is 9.18 Å². The maximum absolute atomic E-state index is 13.2. The Morgan fingerprint density at radius 2 is 1.74 bits per heavy atom. The minimum absolute atomic E-state index is 0.0367. The molecule has 0 radical (unpaired) electrons. The summed E-state index contributed by atoms with van der Waals surface area (Å²) in [5, 5.41) is 2.51. The van der Waals surface area contributed by atoms with Gasteiger partial charge in [-0.1, -0.05) is 33.8 Å². The van der Waals surface area contributed by atoms with Crippen LogP contribution in [0.25, 0.3) is 0 Å². The summed E-state index contributed by atoms with van der Waals surface area (Å²) in [6.45, 7) is 13.4. The second kappa shape index (κ2) is 11.5. The van der Waals surface area contributed by atoms with Crippen molar-refractivity contribution in [3.05, 3.63) is 29.6 Å². The second-order valence-electron chi connectivity index (χ2n) is 3.62. The molecule has 4 heteroatoms. The first-order chi connectivity index (χ1) is 8.99. The van der Waals surface area contributed by atoms with Crippen LogP contribution in [0.15, 0.2) is 18.2 Å². The van der Waals surface area contributed by atoms with Crippen molar-refractivity contribution >= 4 is 6.09 Å². The SMILES string of the molecule is CC.CC.Cc1ccc(F)c(OC(=O)NC(C)C)c1. The van der Waals surface area contributed by atoms with Crippen molar-refractivity contribution in [3.8, 4) is 5.75 Å². The average molecular weight is 271 g/mol. The summed E-state index contributed by atoms with van der Waals surface area (Å²) in [7, 11) is 0. The van der Waals surface area contributed by atoms with E-state index in [1.807, 2.05) is 27.7 Å². The fourth-order valence-corrected chi connectivity index (χ4v) is 1.05. The zero-order valence-corrected chi connectivity index (χ0v) is 13.0. The fourth-order valence-electron chi connectivity index (χ4n) is 1.05. The van der Waals surface area contributed by atoms with Gasteiger partial charge in [-0.15, -0.1) is 0 Å². The van der Waals surface area contributed by atoms with E-state index in [0.717, 1.165) is 5.56 Å². The second-order valence-corrected chi connectivity index (χ2v) is 3.62. The largest absolute Gasteiger partial charge is 0.412 e. The van der Waals surface area contributed by atoms with Crippen LogP contribution in [0.2, 0.25) is 0 Å². The minimum atomic E-state index is -0.644. The summed E-state index contributed by atoms with van der Waals surface area (Å²) in [5.41, 5.74) is 0.837. The van der Waals surface area contributed by atoms with Crippen LogP contribution in [0.5, 0.6) is 5.75 Å². The van der Waals surface area contributed by atoms with E-state index >= 15 is 0 Å². The van der Waals surface area contributed by atoms with Gasteiger partial charge in [-0.3, -0.25) is 0 Å². The van der Waals surface area contributed by atoms with E-state index in [4.69, 9.17) is 4.74 Å². The summed E-state index contributed by atoms with van der Waals surface area (Å²) < 4.78 is 18.0. The number of hydrogen-bond acceptors (Lipinski definition) is 2. The number of hydrogen-bond donors (Lipinski definition) is 1. The zero-order chi connectivity index (χ0) is 15.4. The Morgan fingerprint density at radius 1 is 1.21 bits per heavy atom. The highest BCUT2D eigenvalue weighted by Gasteiger charge is 2.09. The zero-order valence-electron chi connectivity index (χ0n) is 13.0. The number of halogens is 1. The number of carbonyl (C=O) groups excluding carboxylic acids is 1. The van der Waals surface area contributed by atoms with E-state index in [1.165, 1.54) is 12.1 Å². The summed E-state index contributed by atoms with van der Waals surface area (Å²) in [6, 6.07) is 4.33. The normalized spacial score (nSPS) is 8.68. The Balaban J connectivity index is 0. The molecule has 0 saturated carbocycles. The van der Waals surface area contributed by atoms with Gasteiger partial charge in [0.1, 0.15) is 0 Å². The molecule has 1 aromatic carbocycles. The van der Waals surface area contributed by atoms with Gasteiger partial charge in [-0.05, 0) is 38.5 Å². The summed E-state index contributed by atoms with van der Waals surface area (Å²) in [4.78, 5) is 11.2. The topological polar surface area (TPSA) is 38.3 Å². The van der Waals surface area contributed by atoms with Gasteiger partial charge in [-0.2, -0.15) is 0 Å². The predicted molar refractivity (Wildman–Crippen MR) is 78.1 cm³/mol. The first kappa shape index (κ1) is 19.8. The standard InChI is InChI=1S/C11H14FNO2.2C2H6/c1-7(2)13-11(14)15-10-6-8(3)4-5-9(10)12;2*1-2/h4-7H,1-3H3,(H,13,14);2*1-2H3. The van der Waals surface area contributed by atoms with E-state index in [1.54, 1.807) is 26.8 Å². The van der Waals surface area contributed by atoms with Gasteiger partial charge < -0.3 is 10.1 Å². The molecular formula is C15H26FNO2. The number of rotatable bonds is 2. The lowest BCUT2D eigenvalue weighted by molar-refractivity contribution is 0.195. The van der Waals surface area contributed by atoms with Crippen LogP contribution >= 0.6 is 0 Å². The van der Waals surface area contributed by atoms with Crippen LogP contribution in [0.3, 0.4) is 0 Å². The van der Waals surface area contributed by atoms with E-state index in [2.05, 4.69) is 5.32 Å². The van der Waals surface area contributed by atoms with Gasteiger partial charge >= 0.3 is 6.09 Å². The summed E-state index contributed by atoms with van der Waals surface area (Å²) >= 11 is 0. The first-order valence-corrected chi connectivity index (χ1v) is 6.73. The van der Waals surface area contributed by atoms with Crippen LogP contribution in [0.1, 0.15) is 47.1 Å². The molecule has 1 amide bonds. The molecule has 0 bridgehead atoms. The Bertz CT molecular complexity index is 365. The van der Waals surface area contributed by atoms with Gasteiger partial charge in [0.2, 0.25) is 0 Å². The number of aryl methyl sites for hydroxylation is 1. The predicted octanol–water partition coefficient (Wildman–Crippen LogP) is 4.68. The summed E-state index contributed by atoms with van der Waals surface area (Å²) in [6.07, 6.45) is -0.644. The van der Waals surface area contributed by atoms with E-state index in [9.17, 15) is 9.18 Å². The minimum Gasteiger partial charge on any atom is -0.407 e. The van der Waals surface area contributed by atoms with Crippen molar-refractivity contribution in [1.29, 1.82) is 0 Å². The molecule has 0 aromatic heterocycles. The van der Waals surface area contributed by atoms with Crippen molar-refractivity contribution < 1.29 is 13.9 Å². The quantitative estimate of drug-likeness (QED) is 0.848. The lowest BCUT2D eigenvalue weighted by Crippen LogP contribution is -2.32. The monoisotopic (exact) mass is 271 g/mol. The molecule has 0 fully saturated rings. The van der Waals surface area contributed by atoms with E-state index in [0.29, 0.717) is 0 Å². The Morgan fingerprint density at radius 3 is 2.21 bits per heavy atom. The van der Waals surface area contributed by atoms with Crippen molar-refractivity contribution in [2.45, 2.75) is 54.5 Å². The maximum Gasteiger partial charge on any atom is 0.412 e. The van der Waals surface area contributed by atoms with Crippen molar-refractivity contribution in [2.75, 3.05) is 0 Å². The van der Waals surface area contributed by atoms with Crippen LogP contribution in [0, 0.1) is 12.7 Å². The lowest BCUT2D eigenvalue weighted by atomic mass is 10.2. The molecule has 1 aromatic rings. The molecule has 0 atom stereocenters. The summed E-state index contributed by atoms with van der Waals surface area (Å²) in [5.74, 6) is -0.590. The third-order valence-corrected chi connectivity index (χ3v) is 1.70. The molecule has 0 aliphatic carbocycles. The molecule has 19 heavy (non-hydrogen) atoms. The van der Waals surface area contributed by atoms with Crippen molar-refractivity contribution in [2.24, 2.45) is 0 Å². The fraction of sp³-hybridized carbons (Fsp3) is 0.533. The Kier molecular flexibility index (Phi) is 12.0. The van der Waals surface area contributed by atoms with E-state index < -0.39 is 11.9 Å². The van der Waals surface area contributed by atoms with Crippen LogP contribution < -0.4 is 10.1 Å². The van der Waals surface area contributed by atoms with Crippen LogP contribution in [-0.4, -0.2) is 12.1 Å². The molecule has 0 spiro atoms. The van der Waals surface area contributed by atoms with Gasteiger partial charge in [0.15, 0.2) is 11.6 Å². The molecule has 0 aliphatic heterocycles.